The van der Waals surface area contributed by atoms with Crippen LogP contribution in [0.5, 0.6) is 5.88 Å². The first-order valence-electron chi connectivity index (χ1n) is 4.06. The molecule has 0 spiro atoms. The highest BCUT2D eigenvalue weighted by Crippen LogP contribution is 2.14. The molecule has 1 fully saturated rings. The van der Waals surface area contributed by atoms with Gasteiger partial charge < -0.3 is 9.47 Å². The summed E-state index contributed by atoms with van der Waals surface area (Å²) in [5.74, 6) is 0.554. The number of halogens is 1. The molecule has 13 heavy (non-hydrogen) atoms. The van der Waals surface area contributed by atoms with Crippen molar-refractivity contribution in [2.24, 2.45) is 0 Å². The Morgan fingerprint density at radius 2 is 2.38 bits per heavy atom. The molecule has 0 bridgehead atoms. The van der Waals surface area contributed by atoms with Crippen LogP contribution in [-0.2, 0) is 4.74 Å². The largest absolute Gasteiger partial charge is 0.471 e. The average molecular weight is 245 g/mol. The molecule has 0 saturated carbocycles. The van der Waals surface area contributed by atoms with Gasteiger partial charge in [-0.1, -0.05) is 0 Å². The van der Waals surface area contributed by atoms with E-state index in [0.29, 0.717) is 17.1 Å². The second kappa shape index (κ2) is 4.02. The van der Waals surface area contributed by atoms with E-state index < -0.39 is 0 Å². The van der Waals surface area contributed by atoms with Gasteiger partial charge >= 0.3 is 0 Å². The minimum atomic E-state index is 0.135. The van der Waals surface area contributed by atoms with Gasteiger partial charge in [0.15, 0.2) is 0 Å². The summed E-state index contributed by atoms with van der Waals surface area (Å²) in [6.45, 7) is 1.42. The fraction of sp³-hybridized carbons (Fsp3) is 0.500. The molecule has 1 aliphatic rings. The van der Waals surface area contributed by atoms with Crippen LogP contribution < -0.4 is 4.74 Å². The minimum absolute atomic E-state index is 0.135. The van der Waals surface area contributed by atoms with Crippen LogP contribution in [0.3, 0.4) is 0 Å². The average Bonchev–Trinajstić information content (AvgIpc) is 2.62. The normalized spacial score (nSPS) is 21.8. The molecule has 0 unspecified atom stereocenters. The van der Waals surface area contributed by atoms with E-state index in [4.69, 9.17) is 9.47 Å². The predicted molar refractivity (Wildman–Crippen MR) is 49.6 cm³/mol. The quantitative estimate of drug-likeness (QED) is 0.790. The van der Waals surface area contributed by atoms with E-state index in [1.807, 2.05) is 0 Å². The first-order chi connectivity index (χ1) is 6.34. The summed E-state index contributed by atoms with van der Waals surface area (Å²) >= 11 is 3.20. The number of nitrogens with zero attached hydrogens (tertiary/aromatic N) is 2. The fourth-order valence-electron chi connectivity index (χ4n) is 1.14. The van der Waals surface area contributed by atoms with E-state index in [1.165, 1.54) is 0 Å². The summed E-state index contributed by atoms with van der Waals surface area (Å²) in [7, 11) is 0. The Morgan fingerprint density at radius 1 is 1.46 bits per heavy atom. The van der Waals surface area contributed by atoms with Crippen molar-refractivity contribution in [3.05, 3.63) is 17.0 Å². The van der Waals surface area contributed by atoms with Gasteiger partial charge in [0.1, 0.15) is 10.7 Å². The van der Waals surface area contributed by atoms with Gasteiger partial charge in [0, 0.05) is 6.42 Å². The van der Waals surface area contributed by atoms with Crippen LogP contribution in [0, 0.1) is 0 Å². The summed E-state index contributed by atoms with van der Waals surface area (Å²) in [5, 5.41) is 0. The first kappa shape index (κ1) is 8.90. The number of ether oxygens (including phenoxy) is 2. The monoisotopic (exact) mass is 244 g/mol. The molecule has 2 heterocycles. The predicted octanol–water partition coefficient (Wildman–Crippen LogP) is 1.41. The molecule has 0 amide bonds. The summed E-state index contributed by atoms with van der Waals surface area (Å²) in [6, 6.07) is 0. The highest BCUT2D eigenvalue weighted by molar-refractivity contribution is 9.10. The number of rotatable bonds is 2. The lowest BCUT2D eigenvalue weighted by Gasteiger charge is -2.09. The summed E-state index contributed by atoms with van der Waals surface area (Å²) in [5.41, 5.74) is 0. The van der Waals surface area contributed by atoms with Gasteiger partial charge in [-0.25, -0.2) is 9.97 Å². The molecule has 1 aromatic rings. The van der Waals surface area contributed by atoms with Crippen LogP contribution in [0.1, 0.15) is 6.42 Å². The zero-order valence-corrected chi connectivity index (χ0v) is 8.53. The standard InChI is InChI=1S/C8H9BrN2O2/c9-7-3-11-8(4-10-7)13-6-1-2-12-5-6/h3-4,6H,1-2,5H2/t6-/m1/s1. The molecule has 1 saturated heterocycles. The molecule has 1 aliphatic heterocycles. The van der Waals surface area contributed by atoms with Crippen LogP contribution in [0.2, 0.25) is 0 Å². The van der Waals surface area contributed by atoms with Gasteiger partial charge in [0.25, 0.3) is 0 Å². The van der Waals surface area contributed by atoms with Gasteiger partial charge in [-0.15, -0.1) is 0 Å². The zero-order valence-electron chi connectivity index (χ0n) is 6.94. The number of aromatic nitrogens is 2. The van der Waals surface area contributed by atoms with Crippen molar-refractivity contribution in [1.29, 1.82) is 0 Å². The van der Waals surface area contributed by atoms with Gasteiger partial charge in [-0.2, -0.15) is 0 Å². The van der Waals surface area contributed by atoms with Crippen LogP contribution >= 0.6 is 15.9 Å². The minimum Gasteiger partial charge on any atom is -0.471 e. The van der Waals surface area contributed by atoms with Crippen molar-refractivity contribution < 1.29 is 9.47 Å². The Morgan fingerprint density at radius 3 is 3.00 bits per heavy atom. The summed E-state index contributed by atoms with van der Waals surface area (Å²) < 4.78 is 11.4. The highest BCUT2D eigenvalue weighted by Gasteiger charge is 2.17. The lowest BCUT2D eigenvalue weighted by Crippen LogP contribution is -2.16. The fourth-order valence-corrected chi connectivity index (χ4v) is 1.34. The Hall–Kier alpha value is -0.680. The Balaban J connectivity index is 1.97. The van der Waals surface area contributed by atoms with Crippen molar-refractivity contribution >= 4 is 15.9 Å². The third-order valence-electron chi connectivity index (χ3n) is 1.77. The molecule has 0 aliphatic carbocycles. The zero-order chi connectivity index (χ0) is 9.10. The molecule has 4 nitrogen and oxygen atoms in total. The van der Waals surface area contributed by atoms with Crippen molar-refractivity contribution in [2.45, 2.75) is 12.5 Å². The maximum absolute atomic E-state index is 5.51. The smallest absolute Gasteiger partial charge is 0.232 e. The van der Waals surface area contributed by atoms with Crippen LogP contribution in [0.25, 0.3) is 0 Å². The highest BCUT2D eigenvalue weighted by atomic mass is 79.9. The summed E-state index contributed by atoms with van der Waals surface area (Å²) in [4.78, 5) is 8.06. The lowest BCUT2D eigenvalue weighted by atomic mass is 10.3. The van der Waals surface area contributed by atoms with Gasteiger partial charge in [0.05, 0.1) is 25.6 Å². The maximum Gasteiger partial charge on any atom is 0.232 e. The molecular formula is C8H9BrN2O2. The molecule has 5 heteroatoms. The molecule has 1 atom stereocenters. The number of hydrogen-bond acceptors (Lipinski definition) is 4. The van der Waals surface area contributed by atoms with Crippen LogP contribution in [-0.4, -0.2) is 29.3 Å². The molecular weight excluding hydrogens is 236 g/mol. The summed E-state index contributed by atoms with van der Waals surface area (Å²) in [6.07, 6.45) is 4.28. The third kappa shape index (κ3) is 2.38. The van der Waals surface area contributed by atoms with E-state index in [2.05, 4.69) is 25.9 Å². The molecule has 0 radical (unpaired) electrons. The van der Waals surface area contributed by atoms with E-state index in [1.54, 1.807) is 12.4 Å². The van der Waals surface area contributed by atoms with E-state index >= 15 is 0 Å². The second-order valence-corrected chi connectivity index (χ2v) is 3.59. The first-order valence-corrected chi connectivity index (χ1v) is 4.86. The lowest BCUT2D eigenvalue weighted by molar-refractivity contribution is 0.137. The Bertz CT molecular complexity index is 272. The van der Waals surface area contributed by atoms with Crippen LogP contribution in [0.15, 0.2) is 17.0 Å². The SMILES string of the molecule is Brc1cnc(O[C@@H]2CCOC2)cn1. The molecule has 0 aromatic carbocycles. The topological polar surface area (TPSA) is 44.2 Å². The van der Waals surface area contributed by atoms with Gasteiger partial charge in [0.2, 0.25) is 5.88 Å². The number of hydrogen-bond donors (Lipinski definition) is 0. The van der Waals surface area contributed by atoms with E-state index in [9.17, 15) is 0 Å². The molecule has 2 rings (SSSR count). The van der Waals surface area contributed by atoms with Crippen molar-refractivity contribution in [3.63, 3.8) is 0 Å². The maximum atomic E-state index is 5.51. The molecule has 70 valence electrons. The second-order valence-electron chi connectivity index (χ2n) is 2.78. The molecule has 1 aromatic heterocycles. The van der Waals surface area contributed by atoms with Crippen LogP contribution in [0.4, 0.5) is 0 Å². The Labute approximate surface area is 84.4 Å². The van der Waals surface area contributed by atoms with E-state index in [0.717, 1.165) is 13.0 Å². The van der Waals surface area contributed by atoms with Crippen molar-refractivity contribution in [1.82, 2.24) is 9.97 Å². The van der Waals surface area contributed by atoms with E-state index in [-0.39, 0.29) is 6.10 Å². The third-order valence-corrected chi connectivity index (χ3v) is 2.18. The van der Waals surface area contributed by atoms with Gasteiger partial charge in [-0.05, 0) is 15.9 Å². The van der Waals surface area contributed by atoms with Gasteiger partial charge in [-0.3, -0.25) is 0 Å². The Kier molecular flexibility index (Phi) is 2.75. The van der Waals surface area contributed by atoms with Crippen molar-refractivity contribution in [3.8, 4) is 5.88 Å². The molecule has 0 N–H and O–H groups in total. The van der Waals surface area contributed by atoms with Crippen molar-refractivity contribution in [2.75, 3.05) is 13.2 Å².